The highest BCUT2D eigenvalue weighted by atomic mass is 16.5. The van der Waals surface area contributed by atoms with Gasteiger partial charge in [0, 0.05) is 24.6 Å². The number of methoxy groups -OCH3 is 1. The molecule has 14 heteroatoms. The molecule has 0 fully saturated rings. The van der Waals surface area contributed by atoms with Gasteiger partial charge in [0.2, 0.25) is 17.3 Å². The summed E-state index contributed by atoms with van der Waals surface area (Å²) in [7, 11) is 4.73. The fraction of sp³-hybridized carbons (Fsp3) is 0.241. The smallest absolute Gasteiger partial charge is 0.374 e. The molecule has 4 aromatic rings. The van der Waals surface area contributed by atoms with E-state index in [1.165, 1.54) is 7.11 Å². The van der Waals surface area contributed by atoms with Crippen LogP contribution in [0.4, 0.5) is 0 Å². The van der Waals surface area contributed by atoms with Gasteiger partial charge in [-0.05, 0) is 37.7 Å². The van der Waals surface area contributed by atoms with E-state index in [-0.39, 0.29) is 34.6 Å². The molecule has 2 heterocycles. The monoisotopic (exact) mass is 595 g/mol. The molecular weight excluding hydrogens is 570 g/mol. The number of aliphatic hydroxyl groups excluding tert-OH is 1. The number of benzene rings is 2. The number of carbonyl (C=O) groups excluding carboxylic acids is 3. The van der Waals surface area contributed by atoms with Crippen LogP contribution in [-0.4, -0.2) is 82.3 Å². The van der Waals surface area contributed by atoms with E-state index < -0.39 is 86.7 Å². The Morgan fingerprint density at radius 1 is 0.930 bits per heavy atom. The number of ketones is 2. The van der Waals surface area contributed by atoms with Gasteiger partial charge in [-0.25, -0.2) is 9.59 Å². The van der Waals surface area contributed by atoms with E-state index in [2.05, 4.69) is 0 Å². The molecule has 0 saturated carbocycles. The van der Waals surface area contributed by atoms with Crippen molar-refractivity contribution < 1.29 is 58.2 Å². The SMILES string of the molecule is COc1cc(O)c2c(c1O)C(=O)c1oc(CC(O)c3cc4cc(C(=O)OCCN(C)C)oc(=O)c4c(O)c3O)cc1C2=O. The number of hydrogen-bond acceptors (Lipinski definition) is 14. The zero-order chi connectivity index (χ0) is 31.3. The molecule has 0 aliphatic heterocycles. The Kier molecular flexibility index (Phi) is 7.33. The van der Waals surface area contributed by atoms with E-state index in [1.54, 1.807) is 19.0 Å². The number of phenolic OH excluding ortho intramolecular Hbond substituents is 4. The summed E-state index contributed by atoms with van der Waals surface area (Å²) in [5, 5.41) is 52.4. The van der Waals surface area contributed by atoms with Crippen LogP contribution >= 0.6 is 0 Å². The van der Waals surface area contributed by atoms with Crippen molar-refractivity contribution in [2.75, 3.05) is 34.4 Å². The number of fused-ring (bicyclic) bond motifs is 3. The standard InChI is InChI=1S/C29H25NO13/c1-30(2)4-5-41-28(38)18-7-11-6-13(23(34)25(36)19(11)29(39)43-18)15(31)9-12-8-14-22(33)20-16(32)10-17(40-3)24(35)21(20)26(37)27(14)42-12/h6-8,10,15,31-32,34-36H,4-5,9H2,1-3H3. The largest absolute Gasteiger partial charge is 0.507 e. The highest BCUT2D eigenvalue weighted by Gasteiger charge is 2.39. The molecule has 2 aromatic heterocycles. The summed E-state index contributed by atoms with van der Waals surface area (Å²) in [6.07, 6.45) is -2.06. The molecule has 0 spiro atoms. The van der Waals surface area contributed by atoms with E-state index in [9.17, 15) is 44.7 Å². The van der Waals surface area contributed by atoms with Crippen molar-refractivity contribution in [1.82, 2.24) is 4.90 Å². The number of likely N-dealkylation sites (N-methyl/N-ethyl adjacent to an activating group) is 1. The lowest BCUT2D eigenvalue weighted by Crippen LogP contribution is -2.20. The average molecular weight is 596 g/mol. The van der Waals surface area contributed by atoms with Gasteiger partial charge < -0.3 is 48.7 Å². The normalized spacial score (nSPS) is 13.2. The second-order valence-electron chi connectivity index (χ2n) is 9.99. The van der Waals surface area contributed by atoms with Crippen LogP contribution in [0, 0.1) is 0 Å². The molecule has 0 radical (unpaired) electrons. The second-order valence-corrected chi connectivity index (χ2v) is 9.99. The molecule has 2 aromatic carbocycles. The first-order valence-corrected chi connectivity index (χ1v) is 12.7. The maximum atomic E-state index is 13.1. The summed E-state index contributed by atoms with van der Waals surface area (Å²) in [5.41, 5.74) is -2.61. The van der Waals surface area contributed by atoms with E-state index in [0.717, 1.165) is 24.3 Å². The lowest BCUT2D eigenvalue weighted by molar-refractivity contribution is 0.0441. The number of phenols is 4. The fourth-order valence-electron chi connectivity index (χ4n) is 4.77. The van der Waals surface area contributed by atoms with Gasteiger partial charge in [-0.3, -0.25) is 9.59 Å². The number of ether oxygens (including phenoxy) is 2. The number of aromatic hydroxyl groups is 4. The van der Waals surface area contributed by atoms with Gasteiger partial charge in [0.25, 0.3) is 0 Å². The van der Waals surface area contributed by atoms with Gasteiger partial charge in [0.05, 0.1) is 29.9 Å². The van der Waals surface area contributed by atoms with Crippen molar-refractivity contribution in [2.24, 2.45) is 0 Å². The Bertz CT molecular complexity index is 1880. The van der Waals surface area contributed by atoms with Crippen molar-refractivity contribution >= 4 is 28.3 Å². The zero-order valence-corrected chi connectivity index (χ0v) is 23.0. The summed E-state index contributed by atoms with van der Waals surface area (Å²) in [5.74, 6) is -6.99. The van der Waals surface area contributed by atoms with Gasteiger partial charge in [-0.1, -0.05) is 0 Å². The predicted octanol–water partition coefficient (Wildman–Crippen LogP) is 1.99. The first-order chi connectivity index (χ1) is 20.3. The number of aliphatic hydroxyl groups is 1. The second kappa shape index (κ2) is 10.8. The van der Waals surface area contributed by atoms with E-state index in [4.69, 9.17) is 18.3 Å². The molecule has 5 rings (SSSR count). The third-order valence-electron chi connectivity index (χ3n) is 6.91. The summed E-state index contributed by atoms with van der Waals surface area (Å²) >= 11 is 0. The predicted molar refractivity (Wildman–Crippen MR) is 145 cm³/mol. The highest BCUT2D eigenvalue weighted by Crippen LogP contribution is 2.45. The van der Waals surface area contributed by atoms with Crippen molar-refractivity contribution in [3.8, 4) is 28.7 Å². The molecule has 14 nitrogen and oxygen atoms in total. The van der Waals surface area contributed by atoms with Crippen LogP contribution < -0.4 is 10.4 Å². The molecule has 43 heavy (non-hydrogen) atoms. The molecule has 5 N–H and O–H groups in total. The number of hydrogen-bond donors (Lipinski definition) is 5. The molecule has 0 bridgehead atoms. The minimum Gasteiger partial charge on any atom is -0.507 e. The van der Waals surface area contributed by atoms with Crippen LogP contribution in [0.5, 0.6) is 28.7 Å². The van der Waals surface area contributed by atoms with Crippen molar-refractivity contribution in [3.63, 3.8) is 0 Å². The lowest BCUT2D eigenvalue weighted by Gasteiger charge is -2.17. The molecule has 1 atom stereocenters. The van der Waals surface area contributed by atoms with E-state index >= 15 is 0 Å². The third-order valence-corrected chi connectivity index (χ3v) is 6.91. The van der Waals surface area contributed by atoms with Crippen LogP contribution in [0.3, 0.4) is 0 Å². The molecule has 0 amide bonds. The highest BCUT2D eigenvalue weighted by molar-refractivity contribution is 6.29. The molecule has 0 saturated heterocycles. The summed E-state index contributed by atoms with van der Waals surface area (Å²) < 4.78 is 20.5. The fourth-order valence-corrected chi connectivity index (χ4v) is 4.77. The van der Waals surface area contributed by atoms with Crippen LogP contribution in [0.25, 0.3) is 10.8 Å². The van der Waals surface area contributed by atoms with Gasteiger partial charge in [-0.2, -0.15) is 0 Å². The molecule has 1 unspecified atom stereocenters. The molecule has 224 valence electrons. The Hall–Kier alpha value is -5.34. The number of nitrogens with zero attached hydrogens (tertiary/aromatic N) is 1. The van der Waals surface area contributed by atoms with Crippen LogP contribution in [0.15, 0.2) is 37.9 Å². The Morgan fingerprint density at radius 3 is 2.33 bits per heavy atom. The maximum absolute atomic E-state index is 13.1. The quantitative estimate of drug-likeness (QED) is 0.0985. The topological polar surface area (TPSA) is 217 Å². The van der Waals surface area contributed by atoms with Crippen LogP contribution in [0.2, 0.25) is 0 Å². The third kappa shape index (κ3) is 4.91. The molecule has 1 aliphatic carbocycles. The summed E-state index contributed by atoms with van der Waals surface area (Å²) in [4.78, 5) is 53.0. The Morgan fingerprint density at radius 2 is 1.65 bits per heavy atom. The van der Waals surface area contributed by atoms with Crippen molar-refractivity contribution in [3.05, 3.63) is 74.2 Å². The van der Waals surface area contributed by atoms with Gasteiger partial charge in [0.1, 0.15) is 23.5 Å². The van der Waals surface area contributed by atoms with E-state index in [0.29, 0.717) is 6.54 Å². The van der Waals surface area contributed by atoms with Gasteiger partial charge >= 0.3 is 11.6 Å². The van der Waals surface area contributed by atoms with Crippen molar-refractivity contribution in [2.45, 2.75) is 12.5 Å². The van der Waals surface area contributed by atoms with Gasteiger partial charge in [-0.15, -0.1) is 0 Å². The summed E-state index contributed by atoms with van der Waals surface area (Å²) in [6, 6.07) is 4.41. The summed E-state index contributed by atoms with van der Waals surface area (Å²) in [6.45, 7) is 0.416. The zero-order valence-electron chi connectivity index (χ0n) is 23.0. The number of carbonyl (C=O) groups is 3. The Balaban J connectivity index is 1.48. The number of rotatable bonds is 8. The van der Waals surface area contributed by atoms with Crippen molar-refractivity contribution in [1.29, 1.82) is 0 Å². The van der Waals surface area contributed by atoms with Crippen LogP contribution in [0.1, 0.15) is 60.0 Å². The van der Waals surface area contributed by atoms with E-state index in [1.807, 2.05) is 0 Å². The minimum atomic E-state index is -1.62. The lowest BCUT2D eigenvalue weighted by atomic mass is 9.86. The molecular formula is C29H25NO13. The van der Waals surface area contributed by atoms with Crippen LogP contribution in [-0.2, 0) is 11.2 Å². The minimum absolute atomic E-state index is 0.00830. The van der Waals surface area contributed by atoms with Gasteiger partial charge in [0.15, 0.2) is 28.8 Å². The Labute approximate surface area is 241 Å². The first-order valence-electron chi connectivity index (χ1n) is 12.7. The average Bonchev–Trinajstić information content (AvgIpc) is 3.38. The maximum Gasteiger partial charge on any atom is 0.374 e. The number of esters is 1. The number of furan rings is 1. The first kappa shape index (κ1) is 29.2. The molecule has 1 aliphatic rings.